The maximum absolute atomic E-state index is 14.0. The highest BCUT2D eigenvalue weighted by Gasteiger charge is 2.39. The lowest BCUT2D eigenvalue weighted by molar-refractivity contribution is 0.0750. The van der Waals surface area contributed by atoms with Crippen LogP contribution >= 0.6 is 0 Å². The first-order chi connectivity index (χ1) is 12.5. The van der Waals surface area contributed by atoms with Gasteiger partial charge in [-0.1, -0.05) is 17.3 Å². The van der Waals surface area contributed by atoms with Gasteiger partial charge in [-0.3, -0.25) is 4.79 Å². The van der Waals surface area contributed by atoms with Crippen molar-refractivity contribution in [3.63, 3.8) is 0 Å². The van der Waals surface area contributed by atoms with Crippen LogP contribution in [0.3, 0.4) is 0 Å². The van der Waals surface area contributed by atoms with Gasteiger partial charge in [0.15, 0.2) is 17.2 Å². The number of amides is 1. The maximum atomic E-state index is 14.0. The van der Waals surface area contributed by atoms with Crippen molar-refractivity contribution in [2.45, 2.75) is 19.0 Å². The second-order valence-electron chi connectivity index (χ2n) is 6.86. The Balaban J connectivity index is 1.67. The van der Waals surface area contributed by atoms with Crippen molar-refractivity contribution in [2.24, 2.45) is 0 Å². The first-order valence-corrected chi connectivity index (χ1v) is 8.46. The molecule has 0 N–H and O–H groups in total. The third kappa shape index (κ3) is 2.57. The summed E-state index contributed by atoms with van der Waals surface area (Å²) in [6.07, 6.45) is 3.43. The number of halogens is 1. The number of carbonyl (C=O) groups excluding carboxylic acids is 1. The van der Waals surface area contributed by atoms with Crippen molar-refractivity contribution in [2.75, 3.05) is 27.2 Å². The van der Waals surface area contributed by atoms with Crippen LogP contribution in [-0.4, -0.2) is 63.9 Å². The molecule has 1 amide bonds. The van der Waals surface area contributed by atoms with E-state index in [4.69, 9.17) is 4.42 Å². The van der Waals surface area contributed by atoms with Gasteiger partial charge in [-0.15, -0.1) is 5.10 Å². The Morgan fingerprint density at radius 1 is 1.35 bits per heavy atom. The lowest BCUT2D eigenvalue weighted by Gasteiger charge is -2.24. The van der Waals surface area contributed by atoms with Crippen molar-refractivity contribution < 1.29 is 13.6 Å². The van der Waals surface area contributed by atoms with Crippen LogP contribution in [0.2, 0.25) is 0 Å². The number of furan rings is 1. The van der Waals surface area contributed by atoms with Crippen molar-refractivity contribution in [3.8, 4) is 0 Å². The molecular formula is C18H20FN5O2. The molecule has 26 heavy (non-hydrogen) atoms. The SMILES string of the molecule is Cc1c(C(=O)N2C[C@@H](N(C)C)[C@@H](n3ccnn3)C2)oc2c(F)cccc12. The van der Waals surface area contributed by atoms with Gasteiger partial charge in [0.2, 0.25) is 0 Å². The molecule has 4 rings (SSSR count). The third-order valence-electron chi connectivity index (χ3n) is 5.10. The quantitative estimate of drug-likeness (QED) is 0.718. The van der Waals surface area contributed by atoms with Crippen LogP contribution in [0.1, 0.15) is 22.2 Å². The monoisotopic (exact) mass is 357 g/mol. The highest BCUT2D eigenvalue weighted by atomic mass is 19.1. The summed E-state index contributed by atoms with van der Waals surface area (Å²) in [5.74, 6) is -0.493. The number of aromatic nitrogens is 3. The molecule has 1 aliphatic heterocycles. The number of carbonyl (C=O) groups is 1. The summed E-state index contributed by atoms with van der Waals surface area (Å²) in [7, 11) is 3.95. The number of aryl methyl sites for hydroxylation is 1. The molecule has 3 heterocycles. The number of likely N-dealkylation sites (tertiary alicyclic amines) is 1. The van der Waals surface area contributed by atoms with E-state index < -0.39 is 5.82 Å². The summed E-state index contributed by atoms with van der Waals surface area (Å²) in [6, 6.07) is 4.81. The van der Waals surface area contributed by atoms with E-state index >= 15 is 0 Å². The number of nitrogens with zero attached hydrogens (tertiary/aromatic N) is 5. The summed E-state index contributed by atoms with van der Waals surface area (Å²) < 4.78 is 21.4. The van der Waals surface area contributed by atoms with E-state index in [2.05, 4.69) is 15.2 Å². The molecule has 0 bridgehead atoms. The summed E-state index contributed by atoms with van der Waals surface area (Å²) in [4.78, 5) is 16.9. The molecule has 7 nitrogen and oxygen atoms in total. The van der Waals surface area contributed by atoms with Crippen LogP contribution in [0.15, 0.2) is 35.0 Å². The van der Waals surface area contributed by atoms with Gasteiger partial charge in [-0.25, -0.2) is 9.07 Å². The predicted octanol–water partition coefficient (Wildman–Crippen LogP) is 2.10. The van der Waals surface area contributed by atoms with Crippen LogP contribution in [0.25, 0.3) is 11.0 Å². The Morgan fingerprint density at radius 2 is 2.15 bits per heavy atom. The Hall–Kier alpha value is -2.74. The summed E-state index contributed by atoms with van der Waals surface area (Å²) in [5.41, 5.74) is 0.791. The zero-order chi connectivity index (χ0) is 18.4. The van der Waals surface area contributed by atoms with Crippen molar-refractivity contribution in [1.29, 1.82) is 0 Å². The van der Waals surface area contributed by atoms with Crippen LogP contribution in [0, 0.1) is 12.7 Å². The Morgan fingerprint density at radius 3 is 2.81 bits per heavy atom. The molecule has 0 aliphatic carbocycles. The number of rotatable bonds is 3. The lowest BCUT2D eigenvalue weighted by atomic mass is 10.1. The molecule has 1 fully saturated rings. The second-order valence-corrected chi connectivity index (χ2v) is 6.86. The fourth-order valence-corrected chi connectivity index (χ4v) is 3.65. The number of benzene rings is 1. The third-order valence-corrected chi connectivity index (χ3v) is 5.10. The van der Waals surface area contributed by atoms with E-state index in [1.165, 1.54) is 6.07 Å². The number of para-hydroxylation sites is 1. The summed E-state index contributed by atoms with van der Waals surface area (Å²) in [6.45, 7) is 2.81. The molecule has 1 aromatic carbocycles. The average Bonchev–Trinajstić information content (AvgIpc) is 3.33. The number of hydrogen-bond acceptors (Lipinski definition) is 5. The molecule has 0 unspecified atom stereocenters. The Bertz CT molecular complexity index is 950. The van der Waals surface area contributed by atoms with Gasteiger partial charge < -0.3 is 14.2 Å². The van der Waals surface area contributed by atoms with Gasteiger partial charge in [0.25, 0.3) is 5.91 Å². The number of likely N-dealkylation sites (N-methyl/N-ethyl adjacent to an activating group) is 1. The Labute approximate surface area is 150 Å². The van der Waals surface area contributed by atoms with E-state index in [9.17, 15) is 9.18 Å². The van der Waals surface area contributed by atoms with E-state index in [-0.39, 0.29) is 29.3 Å². The number of hydrogen-bond donors (Lipinski definition) is 0. The minimum atomic E-state index is -0.460. The molecule has 3 aromatic rings. The largest absolute Gasteiger partial charge is 0.448 e. The molecule has 8 heteroatoms. The van der Waals surface area contributed by atoms with Gasteiger partial charge in [-0.2, -0.15) is 0 Å². The molecule has 0 saturated carbocycles. The first kappa shape index (κ1) is 16.7. The summed E-state index contributed by atoms with van der Waals surface area (Å²) >= 11 is 0. The minimum absolute atomic E-state index is 0.00197. The van der Waals surface area contributed by atoms with Gasteiger partial charge in [-0.05, 0) is 27.1 Å². The molecular weight excluding hydrogens is 337 g/mol. The Kier molecular flexibility index (Phi) is 3.99. The van der Waals surface area contributed by atoms with E-state index in [1.54, 1.807) is 41.0 Å². The van der Waals surface area contributed by atoms with E-state index in [0.717, 1.165) is 0 Å². The van der Waals surface area contributed by atoms with Crippen LogP contribution in [0.5, 0.6) is 0 Å². The van der Waals surface area contributed by atoms with Gasteiger partial charge in [0.1, 0.15) is 0 Å². The number of fused-ring (bicyclic) bond motifs is 1. The summed E-state index contributed by atoms with van der Waals surface area (Å²) in [5, 5.41) is 8.59. The average molecular weight is 357 g/mol. The first-order valence-electron chi connectivity index (χ1n) is 8.46. The predicted molar refractivity (Wildman–Crippen MR) is 93.3 cm³/mol. The second kappa shape index (κ2) is 6.21. The highest BCUT2D eigenvalue weighted by Crippen LogP contribution is 2.31. The van der Waals surface area contributed by atoms with Crippen molar-refractivity contribution in [3.05, 3.63) is 47.7 Å². The van der Waals surface area contributed by atoms with Crippen LogP contribution in [0.4, 0.5) is 4.39 Å². The molecule has 2 aromatic heterocycles. The maximum Gasteiger partial charge on any atom is 0.290 e. The van der Waals surface area contributed by atoms with Crippen LogP contribution < -0.4 is 0 Å². The standard InChI is InChI=1S/C18H20FN5O2/c1-11-12-5-4-6-13(19)17(12)26-16(11)18(25)23-9-14(22(2)3)15(10-23)24-8-7-20-21-24/h4-8,14-15H,9-10H2,1-3H3/t14-,15+/m1/s1. The topological polar surface area (TPSA) is 67.4 Å². The molecule has 0 spiro atoms. The van der Waals surface area contributed by atoms with Gasteiger partial charge >= 0.3 is 0 Å². The van der Waals surface area contributed by atoms with Gasteiger partial charge in [0, 0.05) is 30.2 Å². The molecule has 2 atom stereocenters. The van der Waals surface area contributed by atoms with Crippen molar-refractivity contribution >= 4 is 16.9 Å². The molecule has 136 valence electrons. The molecule has 0 radical (unpaired) electrons. The highest BCUT2D eigenvalue weighted by molar-refractivity contribution is 5.99. The zero-order valence-electron chi connectivity index (χ0n) is 14.9. The molecule has 1 saturated heterocycles. The lowest BCUT2D eigenvalue weighted by Crippen LogP contribution is -2.37. The fraction of sp³-hybridized carbons (Fsp3) is 0.389. The smallest absolute Gasteiger partial charge is 0.290 e. The molecule has 1 aliphatic rings. The van der Waals surface area contributed by atoms with Gasteiger partial charge in [0.05, 0.1) is 18.3 Å². The zero-order valence-corrected chi connectivity index (χ0v) is 14.9. The minimum Gasteiger partial charge on any atom is -0.448 e. The fourth-order valence-electron chi connectivity index (χ4n) is 3.65. The van der Waals surface area contributed by atoms with Crippen LogP contribution in [-0.2, 0) is 0 Å². The van der Waals surface area contributed by atoms with E-state index in [0.29, 0.717) is 24.0 Å². The van der Waals surface area contributed by atoms with Crippen molar-refractivity contribution in [1.82, 2.24) is 24.8 Å². The van der Waals surface area contributed by atoms with E-state index in [1.807, 2.05) is 14.1 Å². The normalized spacial score (nSPS) is 20.4.